The number of nitrogens with one attached hydrogen (secondary N) is 1. The third kappa shape index (κ3) is 6.28. The monoisotopic (exact) mass is 534 g/mol. The van der Waals surface area contributed by atoms with Gasteiger partial charge in [-0.15, -0.1) is 0 Å². The van der Waals surface area contributed by atoms with Gasteiger partial charge in [0, 0.05) is 33.2 Å². The average Bonchev–Trinajstić information content (AvgIpc) is 3.15. The van der Waals surface area contributed by atoms with Gasteiger partial charge < -0.3 is 4.57 Å². The second kappa shape index (κ2) is 11.0. The van der Waals surface area contributed by atoms with Crippen LogP contribution in [0.2, 0.25) is 5.02 Å². The van der Waals surface area contributed by atoms with E-state index in [0.717, 1.165) is 28.2 Å². The van der Waals surface area contributed by atoms with Crippen molar-refractivity contribution in [3.63, 3.8) is 0 Å². The summed E-state index contributed by atoms with van der Waals surface area (Å²) in [7, 11) is -3.48. The number of benzene rings is 3. The van der Waals surface area contributed by atoms with E-state index < -0.39 is 10.0 Å². The highest BCUT2D eigenvalue weighted by Gasteiger charge is 2.18. The molecule has 0 saturated heterocycles. The summed E-state index contributed by atoms with van der Waals surface area (Å²) in [4.78, 5) is 12.6. The van der Waals surface area contributed by atoms with Gasteiger partial charge in [-0.25, -0.2) is 13.8 Å². The number of carbonyl (C=O) groups is 1. The molecule has 4 rings (SSSR count). The van der Waals surface area contributed by atoms with Gasteiger partial charge in [-0.1, -0.05) is 48.0 Å². The molecular formula is C28H27ClN4O3S. The Balaban J connectivity index is 1.43. The quantitative estimate of drug-likeness (QED) is 0.240. The number of hydrazone groups is 1. The Labute approximate surface area is 222 Å². The van der Waals surface area contributed by atoms with Crippen molar-refractivity contribution in [2.24, 2.45) is 5.10 Å². The molecule has 0 aliphatic heterocycles. The van der Waals surface area contributed by atoms with Crippen molar-refractivity contribution in [3.8, 4) is 5.69 Å². The molecule has 1 heterocycles. The summed E-state index contributed by atoms with van der Waals surface area (Å²) in [5.74, 6) is -0.366. The van der Waals surface area contributed by atoms with E-state index in [1.807, 2.05) is 50.2 Å². The third-order valence-corrected chi connectivity index (χ3v) is 7.27. The second-order valence-corrected chi connectivity index (χ2v) is 11.0. The number of aromatic nitrogens is 1. The summed E-state index contributed by atoms with van der Waals surface area (Å²) in [6.07, 6.45) is 2.78. The zero-order valence-corrected chi connectivity index (χ0v) is 22.3. The Morgan fingerprint density at radius 1 is 1.00 bits per heavy atom. The molecule has 4 aromatic rings. The highest BCUT2D eigenvalue weighted by molar-refractivity contribution is 7.92. The van der Waals surface area contributed by atoms with Crippen LogP contribution in [0.15, 0.2) is 90.0 Å². The molecule has 0 saturated carbocycles. The molecule has 0 atom stereocenters. The molecule has 9 heteroatoms. The minimum Gasteiger partial charge on any atom is -0.318 e. The molecule has 0 aliphatic rings. The first-order chi connectivity index (χ1) is 17.6. The molecule has 0 spiro atoms. The van der Waals surface area contributed by atoms with Crippen molar-refractivity contribution < 1.29 is 13.2 Å². The van der Waals surface area contributed by atoms with Gasteiger partial charge in [0.2, 0.25) is 10.0 Å². The normalized spacial score (nSPS) is 11.6. The highest BCUT2D eigenvalue weighted by atomic mass is 35.5. The SMILES string of the molecule is Cc1cc(C=NNC(=O)c2ccc(CN(c3ccccc3)S(C)(=O)=O)cc2)c(C)n1-c1cccc(Cl)c1. The number of para-hydroxylation sites is 1. The summed E-state index contributed by atoms with van der Waals surface area (Å²) < 4.78 is 28.1. The van der Waals surface area contributed by atoms with Gasteiger partial charge in [-0.05, 0) is 67.9 Å². The molecule has 1 aromatic heterocycles. The number of hydrogen-bond acceptors (Lipinski definition) is 4. The van der Waals surface area contributed by atoms with Crippen LogP contribution in [0.25, 0.3) is 5.69 Å². The van der Waals surface area contributed by atoms with Gasteiger partial charge in [0.15, 0.2) is 0 Å². The smallest absolute Gasteiger partial charge is 0.271 e. The van der Waals surface area contributed by atoms with E-state index in [1.54, 1.807) is 54.7 Å². The number of hydrogen-bond donors (Lipinski definition) is 1. The predicted molar refractivity (Wildman–Crippen MR) is 149 cm³/mol. The van der Waals surface area contributed by atoms with Gasteiger partial charge in [0.05, 0.1) is 24.7 Å². The molecule has 3 aromatic carbocycles. The molecular weight excluding hydrogens is 508 g/mol. The zero-order valence-electron chi connectivity index (χ0n) is 20.7. The largest absolute Gasteiger partial charge is 0.318 e. The molecule has 0 radical (unpaired) electrons. The van der Waals surface area contributed by atoms with E-state index in [-0.39, 0.29) is 12.5 Å². The maximum absolute atomic E-state index is 12.6. The van der Waals surface area contributed by atoms with Crippen LogP contribution in [0.1, 0.15) is 32.9 Å². The fourth-order valence-electron chi connectivity index (χ4n) is 4.08. The van der Waals surface area contributed by atoms with Gasteiger partial charge in [0.1, 0.15) is 0 Å². The van der Waals surface area contributed by atoms with Crippen molar-refractivity contribution in [2.75, 3.05) is 10.6 Å². The lowest BCUT2D eigenvalue weighted by Crippen LogP contribution is -2.29. The number of rotatable bonds is 8. The summed E-state index contributed by atoms with van der Waals surface area (Å²) in [5, 5.41) is 4.79. The maximum atomic E-state index is 12.6. The molecule has 7 nitrogen and oxygen atoms in total. The van der Waals surface area contributed by atoms with Crippen LogP contribution < -0.4 is 9.73 Å². The van der Waals surface area contributed by atoms with Crippen molar-refractivity contribution in [1.82, 2.24) is 9.99 Å². The lowest BCUT2D eigenvalue weighted by Gasteiger charge is -2.22. The Morgan fingerprint density at radius 2 is 1.70 bits per heavy atom. The van der Waals surface area contributed by atoms with Crippen molar-refractivity contribution in [2.45, 2.75) is 20.4 Å². The number of sulfonamides is 1. The number of anilines is 1. The second-order valence-electron chi connectivity index (χ2n) is 8.64. The Bertz CT molecular complexity index is 1550. The van der Waals surface area contributed by atoms with E-state index in [4.69, 9.17) is 11.6 Å². The van der Waals surface area contributed by atoms with E-state index in [2.05, 4.69) is 15.1 Å². The summed E-state index contributed by atoms with van der Waals surface area (Å²) >= 11 is 6.15. The average molecular weight is 535 g/mol. The van der Waals surface area contributed by atoms with Crippen molar-refractivity contribution >= 4 is 39.4 Å². The van der Waals surface area contributed by atoms with Gasteiger partial charge >= 0.3 is 0 Å². The van der Waals surface area contributed by atoms with Crippen LogP contribution in [0, 0.1) is 13.8 Å². The molecule has 0 aliphatic carbocycles. The van der Waals surface area contributed by atoms with E-state index >= 15 is 0 Å². The Kier molecular flexibility index (Phi) is 7.80. The lowest BCUT2D eigenvalue weighted by molar-refractivity contribution is 0.0955. The first-order valence-corrected chi connectivity index (χ1v) is 13.8. The van der Waals surface area contributed by atoms with E-state index in [1.165, 1.54) is 10.6 Å². The first-order valence-electron chi connectivity index (χ1n) is 11.5. The third-order valence-electron chi connectivity index (χ3n) is 5.89. The topological polar surface area (TPSA) is 83.8 Å². The van der Waals surface area contributed by atoms with Crippen molar-refractivity contribution in [3.05, 3.63) is 118 Å². The highest BCUT2D eigenvalue weighted by Crippen LogP contribution is 2.23. The molecule has 0 bridgehead atoms. The summed E-state index contributed by atoms with van der Waals surface area (Å²) in [5.41, 5.74) is 8.11. The van der Waals surface area contributed by atoms with Crippen LogP contribution in [-0.4, -0.2) is 31.4 Å². The van der Waals surface area contributed by atoms with Crippen molar-refractivity contribution in [1.29, 1.82) is 0 Å². The lowest BCUT2D eigenvalue weighted by atomic mass is 10.1. The number of carbonyl (C=O) groups excluding carboxylic acids is 1. The van der Waals surface area contributed by atoms with Crippen LogP contribution in [0.3, 0.4) is 0 Å². The first kappa shape index (κ1) is 26.2. The number of aryl methyl sites for hydroxylation is 1. The Hall–Kier alpha value is -3.88. The van der Waals surface area contributed by atoms with Crippen LogP contribution in [-0.2, 0) is 16.6 Å². The number of halogens is 1. The minimum atomic E-state index is -3.48. The molecule has 1 N–H and O–H groups in total. The van der Waals surface area contributed by atoms with Gasteiger partial charge in [-0.2, -0.15) is 5.10 Å². The van der Waals surface area contributed by atoms with Crippen LogP contribution in [0.5, 0.6) is 0 Å². The standard InChI is InChI=1S/C28H27ClN4O3S/c1-20-16-24(21(2)33(20)27-11-7-8-25(29)17-27)18-30-31-28(34)23-14-12-22(13-15-23)19-32(37(3,35)36)26-9-5-4-6-10-26/h4-18H,19H2,1-3H3,(H,31,34). The molecule has 190 valence electrons. The molecule has 1 amide bonds. The fourth-order valence-corrected chi connectivity index (χ4v) is 5.15. The van der Waals surface area contributed by atoms with Crippen LogP contribution >= 0.6 is 11.6 Å². The minimum absolute atomic E-state index is 0.158. The fraction of sp³-hybridized carbons (Fsp3) is 0.143. The zero-order chi connectivity index (χ0) is 26.6. The van der Waals surface area contributed by atoms with E-state index in [9.17, 15) is 13.2 Å². The predicted octanol–water partition coefficient (Wildman–Crippen LogP) is 5.48. The molecule has 37 heavy (non-hydrogen) atoms. The van der Waals surface area contributed by atoms with Gasteiger partial charge in [0.25, 0.3) is 5.91 Å². The summed E-state index contributed by atoms with van der Waals surface area (Å²) in [6.45, 7) is 4.13. The molecule has 0 unspecified atom stereocenters. The van der Waals surface area contributed by atoms with Crippen LogP contribution in [0.4, 0.5) is 5.69 Å². The Morgan fingerprint density at radius 3 is 2.35 bits per heavy atom. The van der Waals surface area contributed by atoms with Gasteiger partial charge in [-0.3, -0.25) is 9.10 Å². The number of amides is 1. The number of nitrogens with zero attached hydrogens (tertiary/aromatic N) is 3. The summed E-state index contributed by atoms with van der Waals surface area (Å²) in [6, 6.07) is 25.2. The molecule has 0 fully saturated rings. The maximum Gasteiger partial charge on any atom is 0.271 e. The van der Waals surface area contributed by atoms with E-state index in [0.29, 0.717) is 16.3 Å².